The van der Waals surface area contributed by atoms with Gasteiger partial charge in [0, 0.05) is 49.2 Å². The Morgan fingerprint density at radius 3 is 2.15 bits per heavy atom. The van der Waals surface area contributed by atoms with Gasteiger partial charge in [-0.25, -0.2) is 4.79 Å². The third-order valence-electron chi connectivity index (χ3n) is 5.52. The molecule has 0 heterocycles. The Morgan fingerprint density at radius 2 is 1.58 bits per heavy atom. The molecule has 33 heavy (non-hydrogen) atoms. The molecule has 0 bridgehead atoms. The predicted molar refractivity (Wildman–Crippen MR) is 133 cm³/mol. The number of fused-ring (bicyclic) bond motifs is 1. The lowest BCUT2D eigenvalue weighted by molar-refractivity contribution is -0.143. The van der Waals surface area contributed by atoms with Gasteiger partial charge in [0.05, 0.1) is 5.56 Å². The van der Waals surface area contributed by atoms with Gasteiger partial charge in [-0.15, -0.1) is 0 Å². The normalized spacial score (nSPS) is 11.1. The van der Waals surface area contributed by atoms with Crippen LogP contribution in [0.5, 0.6) is 5.75 Å². The van der Waals surface area contributed by atoms with Crippen molar-refractivity contribution in [1.29, 1.82) is 0 Å². The Kier molecular flexibility index (Phi) is 6.96. The summed E-state index contributed by atoms with van der Waals surface area (Å²) < 4.78 is 6.28. The fourth-order valence-corrected chi connectivity index (χ4v) is 3.54. The average Bonchev–Trinajstić information content (AvgIpc) is 2.81. The third kappa shape index (κ3) is 4.95. The molecule has 8 nitrogen and oxygen atoms in total. The number of ether oxygens (including phenoxy) is 1. The van der Waals surface area contributed by atoms with E-state index in [4.69, 9.17) is 4.74 Å². The van der Waals surface area contributed by atoms with Gasteiger partial charge in [-0.3, -0.25) is 4.79 Å². The lowest BCUT2D eigenvalue weighted by atomic mass is 10.0. The van der Waals surface area contributed by atoms with Crippen LogP contribution in [0.25, 0.3) is 10.8 Å². The number of nitrogens with one attached hydrogen (secondary N) is 4. The van der Waals surface area contributed by atoms with E-state index in [1.54, 1.807) is 6.07 Å². The van der Waals surface area contributed by atoms with Gasteiger partial charge in [0.15, 0.2) is 0 Å². The summed E-state index contributed by atoms with van der Waals surface area (Å²) in [6.45, 7) is 3.07. The molecule has 0 fully saturated rings. The van der Waals surface area contributed by atoms with Gasteiger partial charge in [-0.1, -0.05) is 30.3 Å². The molecule has 0 aromatic heterocycles. The zero-order valence-corrected chi connectivity index (χ0v) is 19.5. The summed E-state index contributed by atoms with van der Waals surface area (Å²) in [6.07, 6.45) is 0. The van der Waals surface area contributed by atoms with Crippen molar-refractivity contribution in [3.8, 4) is 5.75 Å². The maximum Gasteiger partial charge on any atom is 0.328 e. The molecule has 3 rings (SSSR count). The maximum atomic E-state index is 13.1. The number of hydrogen-bond acceptors (Lipinski definition) is 6. The maximum absolute atomic E-state index is 13.1. The molecule has 0 radical (unpaired) electrons. The molecule has 0 spiro atoms. The Labute approximate surface area is 193 Å². The Bertz CT molecular complexity index is 1170. The minimum atomic E-state index is -1.43. The number of carbonyl (C=O) groups is 2. The minimum absolute atomic E-state index is 0.187. The molecule has 8 heteroatoms. The van der Waals surface area contributed by atoms with Gasteiger partial charge in [0.2, 0.25) is 0 Å². The van der Waals surface area contributed by atoms with Crippen LogP contribution < -0.4 is 26.0 Å². The summed E-state index contributed by atoms with van der Waals surface area (Å²) in [4.78, 5) is 24.6. The standard InChI is InChI=1S/C25H30N4O4/c1-25(2,24(31)32)29-23(30)18-11-10-15-8-6-7-9-17(15)22(18)33-14-19-20(27-4)12-16(26-3)13-21(19)28-5/h6-13,26-28H,14H2,1-5H3,(H,29,30)(H,31,32). The SMILES string of the molecule is CNc1cc(NC)c(COc2c(C(=O)NC(C)(C)C(=O)O)ccc3ccccc23)c(NC)c1. The van der Waals surface area contributed by atoms with Gasteiger partial charge in [0.25, 0.3) is 5.91 Å². The van der Waals surface area contributed by atoms with Crippen molar-refractivity contribution in [3.63, 3.8) is 0 Å². The second kappa shape index (κ2) is 9.68. The highest BCUT2D eigenvalue weighted by atomic mass is 16.5. The topological polar surface area (TPSA) is 112 Å². The van der Waals surface area contributed by atoms with E-state index in [-0.39, 0.29) is 12.2 Å². The van der Waals surface area contributed by atoms with Crippen molar-refractivity contribution in [1.82, 2.24) is 5.32 Å². The highest BCUT2D eigenvalue weighted by Gasteiger charge is 2.30. The minimum Gasteiger partial charge on any atom is -0.487 e. The van der Waals surface area contributed by atoms with Gasteiger partial charge in [0.1, 0.15) is 17.9 Å². The molecule has 0 atom stereocenters. The van der Waals surface area contributed by atoms with Crippen LogP contribution in [0.3, 0.4) is 0 Å². The van der Waals surface area contributed by atoms with Crippen molar-refractivity contribution >= 4 is 39.7 Å². The molecule has 1 amide bonds. The van der Waals surface area contributed by atoms with Crippen LogP contribution in [-0.2, 0) is 11.4 Å². The Morgan fingerprint density at radius 1 is 0.939 bits per heavy atom. The quantitative estimate of drug-likeness (QED) is 0.333. The molecular formula is C25H30N4O4. The first-order chi connectivity index (χ1) is 15.7. The molecule has 0 saturated carbocycles. The Balaban J connectivity index is 2.05. The summed E-state index contributed by atoms with van der Waals surface area (Å²) in [6, 6.07) is 15.0. The van der Waals surface area contributed by atoms with Crippen LogP contribution in [-0.4, -0.2) is 43.7 Å². The summed E-state index contributed by atoms with van der Waals surface area (Å²) in [5.74, 6) is -1.24. The molecular weight excluding hydrogens is 420 g/mol. The van der Waals surface area contributed by atoms with Gasteiger partial charge in [-0.2, -0.15) is 0 Å². The number of anilines is 3. The molecule has 0 unspecified atom stereocenters. The largest absolute Gasteiger partial charge is 0.487 e. The first kappa shape index (κ1) is 23.7. The van der Waals surface area contributed by atoms with Crippen molar-refractivity contribution in [2.45, 2.75) is 26.0 Å². The van der Waals surface area contributed by atoms with Crippen molar-refractivity contribution in [3.05, 3.63) is 59.7 Å². The second-order valence-electron chi connectivity index (χ2n) is 8.14. The van der Waals surface area contributed by atoms with Crippen LogP contribution in [0.15, 0.2) is 48.5 Å². The zero-order chi connectivity index (χ0) is 24.2. The van der Waals surface area contributed by atoms with Gasteiger partial charge in [-0.05, 0) is 37.4 Å². The molecule has 3 aromatic carbocycles. The van der Waals surface area contributed by atoms with Crippen LogP contribution in [0.2, 0.25) is 0 Å². The van der Waals surface area contributed by atoms with E-state index in [1.807, 2.05) is 63.6 Å². The number of carboxylic acid groups (broad SMARTS) is 1. The fraction of sp³-hybridized carbons (Fsp3) is 0.280. The second-order valence-corrected chi connectivity index (χ2v) is 8.14. The molecule has 0 aliphatic rings. The number of benzene rings is 3. The smallest absolute Gasteiger partial charge is 0.328 e. The van der Waals surface area contributed by atoms with Crippen LogP contribution in [0.1, 0.15) is 29.8 Å². The lowest BCUT2D eigenvalue weighted by Gasteiger charge is -2.23. The van der Waals surface area contributed by atoms with E-state index in [0.29, 0.717) is 5.75 Å². The van der Waals surface area contributed by atoms with Crippen molar-refractivity contribution < 1.29 is 19.4 Å². The first-order valence-electron chi connectivity index (χ1n) is 10.6. The molecule has 0 aliphatic carbocycles. The Hall–Kier alpha value is -3.94. The summed E-state index contributed by atoms with van der Waals surface area (Å²) in [7, 11) is 5.52. The van der Waals surface area contributed by atoms with Gasteiger partial charge < -0.3 is 31.1 Å². The number of amides is 1. The highest BCUT2D eigenvalue weighted by molar-refractivity contribution is 6.05. The number of rotatable bonds is 9. The van der Waals surface area contributed by atoms with E-state index in [1.165, 1.54) is 13.8 Å². The summed E-state index contributed by atoms with van der Waals surface area (Å²) >= 11 is 0. The van der Waals surface area contributed by atoms with Crippen LogP contribution >= 0.6 is 0 Å². The predicted octanol–water partition coefficient (Wildman–Crippen LogP) is 4.14. The van der Waals surface area contributed by atoms with E-state index in [9.17, 15) is 14.7 Å². The average molecular weight is 451 g/mol. The number of aliphatic carboxylic acids is 1. The van der Waals surface area contributed by atoms with E-state index in [0.717, 1.165) is 33.4 Å². The fourth-order valence-electron chi connectivity index (χ4n) is 3.54. The number of carbonyl (C=O) groups excluding carboxylic acids is 1. The van der Waals surface area contributed by atoms with E-state index < -0.39 is 17.4 Å². The van der Waals surface area contributed by atoms with Crippen molar-refractivity contribution in [2.24, 2.45) is 0 Å². The van der Waals surface area contributed by atoms with Crippen LogP contribution in [0, 0.1) is 0 Å². The summed E-state index contributed by atoms with van der Waals surface area (Å²) in [5.41, 5.74) is 2.43. The monoisotopic (exact) mass is 450 g/mol. The number of carboxylic acids is 1. The molecule has 0 saturated heterocycles. The third-order valence-corrected chi connectivity index (χ3v) is 5.52. The van der Waals surface area contributed by atoms with Crippen molar-refractivity contribution in [2.75, 3.05) is 37.1 Å². The molecule has 0 aliphatic heterocycles. The van der Waals surface area contributed by atoms with E-state index in [2.05, 4.69) is 21.3 Å². The molecule has 3 aromatic rings. The summed E-state index contributed by atoms with van der Waals surface area (Å²) in [5, 5.41) is 23.2. The van der Waals surface area contributed by atoms with Gasteiger partial charge >= 0.3 is 5.97 Å². The lowest BCUT2D eigenvalue weighted by Crippen LogP contribution is -2.49. The number of hydrogen-bond donors (Lipinski definition) is 5. The molecule has 174 valence electrons. The zero-order valence-electron chi connectivity index (χ0n) is 19.5. The van der Waals surface area contributed by atoms with Crippen LogP contribution in [0.4, 0.5) is 17.1 Å². The highest BCUT2D eigenvalue weighted by Crippen LogP contribution is 2.34. The molecule has 5 N–H and O–H groups in total. The first-order valence-corrected chi connectivity index (χ1v) is 10.6. The van der Waals surface area contributed by atoms with E-state index >= 15 is 0 Å².